The van der Waals surface area contributed by atoms with Crippen molar-refractivity contribution in [2.75, 3.05) is 7.11 Å². The molecule has 0 fully saturated rings. The van der Waals surface area contributed by atoms with E-state index in [1.54, 1.807) is 0 Å². The molecule has 4 nitrogen and oxygen atoms in total. The van der Waals surface area contributed by atoms with E-state index in [1.165, 1.54) is 7.11 Å². The number of benzene rings is 1. The van der Waals surface area contributed by atoms with Crippen LogP contribution in [0.3, 0.4) is 0 Å². The lowest BCUT2D eigenvalue weighted by atomic mass is 10.0. The highest BCUT2D eigenvalue weighted by atomic mass is 16.5. The van der Waals surface area contributed by atoms with Gasteiger partial charge in [0.2, 0.25) is 0 Å². The van der Waals surface area contributed by atoms with Gasteiger partial charge in [-0.25, -0.2) is 0 Å². The molecule has 0 radical (unpaired) electrons. The summed E-state index contributed by atoms with van der Waals surface area (Å²) in [5, 5.41) is 0. The maximum atomic E-state index is 11.1. The van der Waals surface area contributed by atoms with Gasteiger partial charge >= 0.3 is 5.97 Å². The Kier molecular flexibility index (Phi) is 4.95. The van der Waals surface area contributed by atoms with Crippen LogP contribution in [0.15, 0.2) is 30.3 Å². The molecule has 0 amide bonds. The number of hydrogen-bond donors (Lipinski definition) is 2. The molecule has 0 spiro atoms. The van der Waals surface area contributed by atoms with Crippen molar-refractivity contribution in [3.8, 4) is 0 Å². The Labute approximate surface area is 95.6 Å². The minimum absolute atomic E-state index is 0.128. The fourth-order valence-electron chi connectivity index (χ4n) is 1.57. The van der Waals surface area contributed by atoms with E-state index in [-0.39, 0.29) is 6.04 Å². The van der Waals surface area contributed by atoms with Gasteiger partial charge in [-0.2, -0.15) is 0 Å². The third kappa shape index (κ3) is 4.00. The Morgan fingerprint density at radius 2 is 1.94 bits per heavy atom. The van der Waals surface area contributed by atoms with Gasteiger partial charge in [-0.3, -0.25) is 4.79 Å². The summed E-state index contributed by atoms with van der Waals surface area (Å²) in [7, 11) is 1.32. The van der Waals surface area contributed by atoms with Crippen LogP contribution in [0.1, 0.15) is 12.0 Å². The topological polar surface area (TPSA) is 78.3 Å². The third-order valence-corrected chi connectivity index (χ3v) is 2.40. The van der Waals surface area contributed by atoms with E-state index in [9.17, 15) is 4.79 Å². The van der Waals surface area contributed by atoms with Crippen LogP contribution < -0.4 is 11.5 Å². The number of rotatable bonds is 5. The van der Waals surface area contributed by atoms with Gasteiger partial charge in [-0.1, -0.05) is 30.3 Å². The first-order valence-corrected chi connectivity index (χ1v) is 5.26. The first-order chi connectivity index (χ1) is 7.63. The smallest absolute Gasteiger partial charge is 0.322 e. The van der Waals surface area contributed by atoms with Crippen LogP contribution in [0, 0.1) is 0 Å². The van der Waals surface area contributed by atoms with Gasteiger partial charge in [-0.05, 0) is 18.4 Å². The molecule has 0 unspecified atom stereocenters. The average molecular weight is 222 g/mol. The normalized spacial score (nSPS) is 14.2. The fourth-order valence-corrected chi connectivity index (χ4v) is 1.57. The maximum absolute atomic E-state index is 11.1. The minimum atomic E-state index is -0.635. The first-order valence-electron chi connectivity index (χ1n) is 5.26. The Morgan fingerprint density at radius 3 is 2.50 bits per heavy atom. The molecular weight excluding hydrogens is 204 g/mol. The van der Waals surface area contributed by atoms with Crippen molar-refractivity contribution in [2.24, 2.45) is 11.5 Å². The third-order valence-electron chi connectivity index (χ3n) is 2.40. The van der Waals surface area contributed by atoms with Gasteiger partial charge in [0.1, 0.15) is 6.04 Å². The van der Waals surface area contributed by atoms with E-state index in [0.717, 1.165) is 5.56 Å². The fraction of sp³-hybridized carbons (Fsp3) is 0.417. The van der Waals surface area contributed by atoms with Crippen molar-refractivity contribution in [3.05, 3.63) is 35.9 Å². The van der Waals surface area contributed by atoms with Crippen molar-refractivity contribution < 1.29 is 9.53 Å². The van der Waals surface area contributed by atoms with Gasteiger partial charge in [-0.15, -0.1) is 0 Å². The summed E-state index contributed by atoms with van der Waals surface area (Å²) in [5.41, 5.74) is 12.7. The van der Waals surface area contributed by atoms with E-state index in [2.05, 4.69) is 4.74 Å². The predicted octanol–water partition coefficient (Wildman–Crippen LogP) is 0.447. The standard InChI is InChI=1S/C12H18N2O2/c1-16-12(15)11(14)8-10(13)7-9-5-3-2-4-6-9/h2-6,10-11H,7-8,13-14H2,1H3/t10-,11-/m0/s1. The molecule has 0 saturated carbocycles. The largest absolute Gasteiger partial charge is 0.468 e. The summed E-state index contributed by atoms with van der Waals surface area (Å²) in [6.07, 6.45) is 1.15. The predicted molar refractivity (Wildman–Crippen MR) is 62.7 cm³/mol. The van der Waals surface area contributed by atoms with Crippen molar-refractivity contribution >= 4 is 5.97 Å². The van der Waals surface area contributed by atoms with E-state index in [4.69, 9.17) is 11.5 Å². The summed E-state index contributed by atoms with van der Waals surface area (Å²) >= 11 is 0. The Morgan fingerprint density at radius 1 is 1.31 bits per heavy atom. The average Bonchev–Trinajstić information content (AvgIpc) is 2.29. The number of nitrogens with two attached hydrogens (primary N) is 2. The zero-order chi connectivity index (χ0) is 12.0. The number of methoxy groups -OCH3 is 1. The number of ether oxygens (including phenoxy) is 1. The Balaban J connectivity index is 2.42. The lowest BCUT2D eigenvalue weighted by Crippen LogP contribution is -2.38. The quantitative estimate of drug-likeness (QED) is 0.709. The van der Waals surface area contributed by atoms with E-state index >= 15 is 0 Å². The van der Waals surface area contributed by atoms with Gasteiger partial charge in [0, 0.05) is 6.04 Å². The Bertz CT molecular complexity index is 327. The summed E-state index contributed by atoms with van der Waals surface area (Å²) in [6.45, 7) is 0. The van der Waals surface area contributed by atoms with E-state index < -0.39 is 12.0 Å². The molecule has 2 atom stereocenters. The van der Waals surface area contributed by atoms with E-state index in [0.29, 0.717) is 12.8 Å². The zero-order valence-corrected chi connectivity index (χ0v) is 9.43. The highest BCUT2D eigenvalue weighted by Gasteiger charge is 2.17. The molecule has 88 valence electrons. The van der Waals surface area contributed by atoms with Crippen molar-refractivity contribution in [1.29, 1.82) is 0 Å². The van der Waals surface area contributed by atoms with Gasteiger partial charge in [0.05, 0.1) is 7.11 Å². The van der Waals surface area contributed by atoms with Crippen molar-refractivity contribution in [3.63, 3.8) is 0 Å². The molecule has 0 saturated heterocycles. The maximum Gasteiger partial charge on any atom is 0.322 e. The van der Waals surface area contributed by atoms with Crippen LogP contribution in [0.5, 0.6) is 0 Å². The molecule has 0 bridgehead atoms. The summed E-state index contributed by atoms with van der Waals surface area (Å²) in [6, 6.07) is 9.12. The number of esters is 1. The second kappa shape index (κ2) is 6.25. The van der Waals surface area contributed by atoms with Crippen molar-refractivity contribution in [2.45, 2.75) is 24.9 Å². The van der Waals surface area contributed by atoms with Gasteiger partial charge < -0.3 is 16.2 Å². The highest BCUT2D eigenvalue weighted by molar-refractivity contribution is 5.75. The van der Waals surface area contributed by atoms with Crippen LogP contribution >= 0.6 is 0 Å². The zero-order valence-electron chi connectivity index (χ0n) is 9.43. The molecule has 1 rings (SSSR count). The molecule has 1 aromatic carbocycles. The number of carbonyl (C=O) groups is 1. The highest BCUT2D eigenvalue weighted by Crippen LogP contribution is 2.05. The summed E-state index contributed by atoms with van der Waals surface area (Å²) in [5.74, 6) is -0.413. The number of hydrogen-bond acceptors (Lipinski definition) is 4. The molecule has 0 aliphatic heterocycles. The lowest BCUT2D eigenvalue weighted by Gasteiger charge is -2.15. The van der Waals surface area contributed by atoms with Crippen molar-refractivity contribution in [1.82, 2.24) is 0 Å². The van der Waals surface area contributed by atoms with Crippen LogP contribution in [-0.4, -0.2) is 25.2 Å². The van der Waals surface area contributed by atoms with Crippen LogP contribution in [-0.2, 0) is 16.0 Å². The van der Waals surface area contributed by atoms with Crippen LogP contribution in [0.25, 0.3) is 0 Å². The minimum Gasteiger partial charge on any atom is -0.468 e. The Hall–Kier alpha value is -1.39. The second-order valence-electron chi connectivity index (χ2n) is 3.82. The lowest BCUT2D eigenvalue weighted by molar-refractivity contribution is -0.142. The first kappa shape index (κ1) is 12.7. The van der Waals surface area contributed by atoms with Crippen LogP contribution in [0.2, 0.25) is 0 Å². The van der Waals surface area contributed by atoms with Gasteiger partial charge in [0.15, 0.2) is 0 Å². The molecule has 16 heavy (non-hydrogen) atoms. The molecule has 1 aromatic rings. The van der Waals surface area contributed by atoms with Crippen LogP contribution in [0.4, 0.5) is 0 Å². The molecule has 0 heterocycles. The molecule has 0 aromatic heterocycles. The monoisotopic (exact) mass is 222 g/mol. The number of carbonyl (C=O) groups excluding carboxylic acids is 1. The summed E-state index contributed by atoms with van der Waals surface area (Å²) in [4.78, 5) is 11.1. The molecule has 0 aliphatic rings. The molecular formula is C12H18N2O2. The molecule has 4 heteroatoms. The molecule has 0 aliphatic carbocycles. The molecule has 4 N–H and O–H groups in total. The SMILES string of the molecule is COC(=O)[C@@H](N)C[C@@H](N)Cc1ccccc1. The van der Waals surface area contributed by atoms with E-state index in [1.807, 2.05) is 30.3 Å². The summed E-state index contributed by atoms with van der Waals surface area (Å²) < 4.78 is 4.54. The second-order valence-corrected chi connectivity index (χ2v) is 3.82. The van der Waals surface area contributed by atoms with Gasteiger partial charge in [0.25, 0.3) is 0 Å².